The van der Waals surface area contributed by atoms with E-state index in [-0.39, 0.29) is 18.0 Å². The van der Waals surface area contributed by atoms with Gasteiger partial charge in [0, 0.05) is 23.5 Å². The first-order chi connectivity index (χ1) is 13.2. The fourth-order valence-corrected chi connectivity index (χ4v) is 4.77. The molecule has 0 saturated carbocycles. The predicted molar refractivity (Wildman–Crippen MR) is 108 cm³/mol. The molecule has 6 heteroatoms. The maximum atomic E-state index is 13.0. The van der Waals surface area contributed by atoms with E-state index >= 15 is 0 Å². The Labute approximate surface area is 164 Å². The number of hydrogen-bond donors (Lipinski definition) is 1. The number of fused-ring (bicyclic) bond motifs is 2. The average Bonchev–Trinajstić information content (AvgIpc) is 3.09. The van der Waals surface area contributed by atoms with E-state index in [0.29, 0.717) is 17.7 Å². The summed E-state index contributed by atoms with van der Waals surface area (Å²) in [7, 11) is 0. The summed E-state index contributed by atoms with van der Waals surface area (Å²) >= 11 is 1.63. The number of nitrogens with zero attached hydrogens (tertiary/aromatic N) is 2. The van der Waals surface area contributed by atoms with E-state index in [0.717, 1.165) is 42.9 Å². The molecule has 2 aliphatic rings. The Morgan fingerprint density at radius 3 is 2.93 bits per heavy atom. The molecule has 1 N–H and O–H groups in total. The first kappa shape index (κ1) is 18.0. The molecule has 3 heterocycles. The summed E-state index contributed by atoms with van der Waals surface area (Å²) in [6.07, 6.45) is 4.49. The molecule has 2 aromatic rings. The maximum Gasteiger partial charge on any atom is 0.257 e. The van der Waals surface area contributed by atoms with Crippen molar-refractivity contribution in [1.29, 1.82) is 0 Å². The fourth-order valence-electron chi connectivity index (χ4n) is 4.12. The summed E-state index contributed by atoms with van der Waals surface area (Å²) in [6, 6.07) is 9.47. The highest BCUT2D eigenvalue weighted by atomic mass is 32.1. The van der Waals surface area contributed by atoms with Crippen molar-refractivity contribution in [2.24, 2.45) is 0 Å². The van der Waals surface area contributed by atoms with Crippen molar-refractivity contribution in [1.82, 2.24) is 10.2 Å². The van der Waals surface area contributed by atoms with E-state index in [9.17, 15) is 9.59 Å². The molecule has 0 aliphatic carbocycles. The van der Waals surface area contributed by atoms with Crippen LogP contribution in [0.1, 0.15) is 58.2 Å². The van der Waals surface area contributed by atoms with Crippen molar-refractivity contribution >= 4 is 28.8 Å². The number of anilines is 1. The van der Waals surface area contributed by atoms with Crippen LogP contribution in [0, 0.1) is 0 Å². The smallest absolute Gasteiger partial charge is 0.257 e. The fraction of sp³-hybridized carbons (Fsp3) is 0.429. The van der Waals surface area contributed by atoms with Crippen molar-refractivity contribution in [2.45, 2.75) is 45.3 Å². The molecule has 142 valence electrons. The standard InChI is InChI=1S/C21H25N3O2S/c1-2-23-18-13-15(20(25)22-14-16-7-6-12-27-16)9-10-17(18)21(26)24-11-5-3-4-8-19(23)24/h6-7,9-10,12-13,19H,2-5,8,11,14H2,1H3,(H,22,25)/t19-/m0/s1. The van der Waals surface area contributed by atoms with Gasteiger partial charge in [-0.15, -0.1) is 11.3 Å². The third-order valence-electron chi connectivity index (χ3n) is 5.49. The largest absolute Gasteiger partial charge is 0.351 e. The highest BCUT2D eigenvalue weighted by molar-refractivity contribution is 7.09. The molecule has 0 radical (unpaired) electrons. The van der Waals surface area contributed by atoms with Gasteiger partial charge in [0.2, 0.25) is 0 Å². The molecule has 2 aliphatic heterocycles. The summed E-state index contributed by atoms with van der Waals surface area (Å²) in [5.41, 5.74) is 2.22. The van der Waals surface area contributed by atoms with Crippen molar-refractivity contribution in [3.05, 3.63) is 51.7 Å². The normalized spacial score (nSPS) is 19.3. The van der Waals surface area contributed by atoms with E-state index in [1.807, 2.05) is 34.5 Å². The number of carbonyl (C=O) groups is 2. The zero-order valence-corrected chi connectivity index (χ0v) is 16.4. The second-order valence-electron chi connectivity index (χ2n) is 7.11. The Morgan fingerprint density at radius 2 is 2.15 bits per heavy atom. The minimum absolute atomic E-state index is 0.0991. The van der Waals surface area contributed by atoms with E-state index in [1.54, 1.807) is 17.4 Å². The third kappa shape index (κ3) is 3.46. The zero-order chi connectivity index (χ0) is 18.8. The van der Waals surface area contributed by atoms with Crippen molar-refractivity contribution in [3.63, 3.8) is 0 Å². The second kappa shape index (κ2) is 7.72. The molecule has 1 aromatic heterocycles. The van der Waals surface area contributed by atoms with Gasteiger partial charge in [0.15, 0.2) is 0 Å². The summed E-state index contributed by atoms with van der Waals surface area (Å²) in [4.78, 5) is 31.1. The van der Waals surface area contributed by atoms with Crippen LogP contribution in [-0.2, 0) is 6.54 Å². The van der Waals surface area contributed by atoms with Gasteiger partial charge in [-0.2, -0.15) is 0 Å². The number of hydrogen-bond acceptors (Lipinski definition) is 4. The van der Waals surface area contributed by atoms with Gasteiger partial charge in [0.05, 0.1) is 17.8 Å². The molecule has 1 aromatic carbocycles. The van der Waals surface area contributed by atoms with E-state index in [1.165, 1.54) is 6.42 Å². The average molecular weight is 384 g/mol. The van der Waals surface area contributed by atoms with Crippen LogP contribution < -0.4 is 10.2 Å². The van der Waals surface area contributed by atoms with Crippen LogP contribution in [0.3, 0.4) is 0 Å². The Bertz CT molecular complexity index is 834. The van der Waals surface area contributed by atoms with Crippen LogP contribution >= 0.6 is 11.3 Å². The molecular formula is C21H25N3O2S. The lowest BCUT2D eigenvalue weighted by atomic mass is 10.0. The predicted octanol–water partition coefficient (Wildman–Crippen LogP) is 3.86. The van der Waals surface area contributed by atoms with Crippen LogP contribution in [-0.4, -0.2) is 36.0 Å². The molecule has 1 atom stereocenters. The third-order valence-corrected chi connectivity index (χ3v) is 6.36. The van der Waals surface area contributed by atoms with E-state index < -0.39 is 0 Å². The Morgan fingerprint density at radius 1 is 1.26 bits per heavy atom. The van der Waals surface area contributed by atoms with Crippen LogP contribution in [0.25, 0.3) is 0 Å². The molecule has 5 nitrogen and oxygen atoms in total. The second-order valence-corrected chi connectivity index (χ2v) is 8.14. The van der Waals surface area contributed by atoms with Crippen molar-refractivity contribution < 1.29 is 9.59 Å². The number of amides is 2. The number of nitrogens with one attached hydrogen (secondary N) is 1. The molecule has 2 amide bonds. The van der Waals surface area contributed by atoms with E-state index in [4.69, 9.17) is 0 Å². The van der Waals surface area contributed by atoms with Gasteiger partial charge < -0.3 is 15.1 Å². The van der Waals surface area contributed by atoms with Gasteiger partial charge in [0.1, 0.15) is 6.17 Å². The SMILES string of the molecule is CCN1c2cc(C(=O)NCc3cccs3)ccc2C(=O)N2CCCCC[C@H]21. The number of thiophene rings is 1. The first-order valence-corrected chi connectivity index (χ1v) is 10.6. The lowest BCUT2D eigenvalue weighted by molar-refractivity contribution is 0.0656. The van der Waals surface area contributed by atoms with Gasteiger partial charge >= 0.3 is 0 Å². The molecular weight excluding hydrogens is 358 g/mol. The summed E-state index contributed by atoms with van der Waals surface area (Å²) in [6.45, 7) is 4.29. The van der Waals surface area contributed by atoms with Gasteiger partial charge in [0.25, 0.3) is 11.8 Å². The van der Waals surface area contributed by atoms with Crippen LogP contribution in [0.4, 0.5) is 5.69 Å². The van der Waals surface area contributed by atoms with Gasteiger partial charge in [-0.25, -0.2) is 0 Å². The Kier molecular flexibility index (Phi) is 5.16. The molecule has 0 spiro atoms. The molecule has 0 bridgehead atoms. The molecule has 1 fully saturated rings. The highest BCUT2D eigenvalue weighted by Crippen LogP contribution is 2.35. The van der Waals surface area contributed by atoms with Crippen LogP contribution in [0.2, 0.25) is 0 Å². The molecule has 27 heavy (non-hydrogen) atoms. The van der Waals surface area contributed by atoms with Crippen molar-refractivity contribution in [2.75, 3.05) is 18.0 Å². The quantitative estimate of drug-likeness (QED) is 0.872. The topological polar surface area (TPSA) is 52.7 Å². The first-order valence-electron chi connectivity index (χ1n) is 9.71. The lowest BCUT2D eigenvalue weighted by Crippen LogP contribution is -2.55. The highest BCUT2D eigenvalue weighted by Gasteiger charge is 2.37. The lowest BCUT2D eigenvalue weighted by Gasteiger charge is -2.44. The summed E-state index contributed by atoms with van der Waals surface area (Å²) in [5, 5.41) is 4.98. The number of benzene rings is 1. The van der Waals surface area contributed by atoms with Gasteiger partial charge in [-0.05, 0) is 55.8 Å². The molecule has 0 unspecified atom stereocenters. The Balaban J connectivity index is 1.61. The monoisotopic (exact) mass is 383 g/mol. The number of carbonyl (C=O) groups excluding carboxylic acids is 2. The summed E-state index contributed by atoms with van der Waals surface area (Å²) in [5.74, 6) is 0.00476. The van der Waals surface area contributed by atoms with Crippen LogP contribution in [0.5, 0.6) is 0 Å². The molecule has 4 rings (SSSR count). The number of rotatable bonds is 4. The van der Waals surface area contributed by atoms with E-state index in [2.05, 4.69) is 17.1 Å². The van der Waals surface area contributed by atoms with Crippen LogP contribution in [0.15, 0.2) is 35.7 Å². The Hall–Kier alpha value is -2.34. The van der Waals surface area contributed by atoms with Gasteiger partial charge in [-0.1, -0.05) is 12.5 Å². The minimum Gasteiger partial charge on any atom is -0.351 e. The maximum absolute atomic E-state index is 13.0. The minimum atomic E-state index is -0.0991. The summed E-state index contributed by atoms with van der Waals surface area (Å²) < 4.78 is 0. The molecule has 1 saturated heterocycles. The van der Waals surface area contributed by atoms with Crippen molar-refractivity contribution in [3.8, 4) is 0 Å². The van der Waals surface area contributed by atoms with Gasteiger partial charge in [-0.3, -0.25) is 9.59 Å². The zero-order valence-electron chi connectivity index (χ0n) is 15.6.